The van der Waals surface area contributed by atoms with Crippen molar-refractivity contribution in [3.63, 3.8) is 0 Å². The van der Waals surface area contributed by atoms with Gasteiger partial charge in [-0.1, -0.05) is 44.4 Å². The maximum atomic E-state index is 6.51. The molecule has 2 saturated heterocycles. The lowest BCUT2D eigenvalue weighted by Gasteiger charge is -2.28. The largest absolute Gasteiger partial charge is 0.323 e. The molecular formula is C23H36N4OP+. The molecule has 6 heteroatoms. The minimum Gasteiger partial charge on any atom is -0.323 e. The summed E-state index contributed by atoms with van der Waals surface area (Å²) in [5, 5.41) is 0. The van der Waals surface area contributed by atoms with Gasteiger partial charge in [0.2, 0.25) is 14.8 Å². The molecule has 5 nitrogen and oxygen atoms in total. The van der Waals surface area contributed by atoms with E-state index in [2.05, 4.69) is 74.5 Å². The van der Waals surface area contributed by atoms with Crippen LogP contribution in [-0.2, 0) is 17.6 Å². The van der Waals surface area contributed by atoms with Crippen LogP contribution in [0.25, 0.3) is 0 Å². The van der Waals surface area contributed by atoms with Gasteiger partial charge in [-0.05, 0) is 37.8 Å². The molecule has 29 heavy (non-hydrogen) atoms. The highest BCUT2D eigenvalue weighted by Crippen LogP contribution is 2.56. The summed E-state index contributed by atoms with van der Waals surface area (Å²) in [7, 11) is -0.684. The first-order valence-electron chi connectivity index (χ1n) is 11.4. The Morgan fingerprint density at radius 1 is 1.14 bits per heavy atom. The fourth-order valence-corrected chi connectivity index (χ4v) is 6.67. The predicted molar refractivity (Wildman–Crippen MR) is 120 cm³/mol. The van der Waals surface area contributed by atoms with Crippen molar-refractivity contribution in [2.45, 2.75) is 71.0 Å². The van der Waals surface area contributed by atoms with E-state index >= 15 is 0 Å². The van der Waals surface area contributed by atoms with Gasteiger partial charge < -0.3 is 9.19 Å². The van der Waals surface area contributed by atoms with Crippen molar-refractivity contribution in [1.29, 1.82) is 0 Å². The van der Waals surface area contributed by atoms with Crippen LogP contribution in [0.15, 0.2) is 49.1 Å². The summed E-state index contributed by atoms with van der Waals surface area (Å²) in [5.41, 5.74) is 1.30. The van der Waals surface area contributed by atoms with E-state index in [0.29, 0.717) is 6.04 Å². The second kappa shape index (κ2) is 10.6. The van der Waals surface area contributed by atoms with Crippen molar-refractivity contribution in [2.75, 3.05) is 24.4 Å². The zero-order valence-corrected chi connectivity index (χ0v) is 18.7. The molecule has 0 N–H and O–H groups in total. The molecule has 0 aliphatic carbocycles. The van der Waals surface area contributed by atoms with Crippen LogP contribution >= 0.6 is 8.45 Å². The second-order valence-corrected chi connectivity index (χ2v) is 10.0. The molecule has 2 fully saturated rings. The van der Waals surface area contributed by atoms with Crippen LogP contribution in [-0.4, -0.2) is 35.0 Å². The number of hydrogen-bond donors (Lipinski definition) is 0. The summed E-state index contributed by atoms with van der Waals surface area (Å²) < 4.78 is 16.2. The number of anilines is 1. The number of nitrogens with zero attached hydrogens (tertiary/aromatic N) is 4. The highest BCUT2D eigenvalue weighted by molar-refractivity contribution is 7.52. The fraction of sp³-hybridized carbons (Fsp3) is 0.609. The topological polar surface area (TPSA) is 24.5 Å². The van der Waals surface area contributed by atoms with E-state index in [9.17, 15) is 0 Å². The van der Waals surface area contributed by atoms with E-state index in [-0.39, 0.29) is 0 Å². The molecule has 158 valence electrons. The number of aryl methyl sites for hydroxylation is 1. The van der Waals surface area contributed by atoms with Gasteiger partial charge in [0.1, 0.15) is 18.9 Å². The highest BCUT2D eigenvalue weighted by atomic mass is 31.2. The Morgan fingerprint density at radius 2 is 2.00 bits per heavy atom. The normalized spacial score (nSPS) is 21.8. The molecular weight excluding hydrogens is 379 g/mol. The molecule has 2 aliphatic heterocycles. The number of aromatic nitrogens is 2. The van der Waals surface area contributed by atoms with Crippen molar-refractivity contribution >= 4 is 14.1 Å². The maximum absolute atomic E-state index is 6.51. The van der Waals surface area contributed by atoms with E-state index < -0.39 is 8.45 Å². The standard InChI is InChI=1S/C23H36N4OP/c1-2-3-4-5-9-14-24-16-17-25(21-24)18-19-28-29-26-15-10-13-23(26)20-27(29)22-11-7-6-8-12-22/h6-8,11-12,16-17,21,23H,2-5,9-10,13-15,18-20H2,1H3/q+1/t23-,29?/m0/s1. The second-order valence-electron chi connectivity index (χ2n) is 8.27. The number of rotatable bonds is 11. The van der Waals surface area contributed by atoms with Crippen LogP contribution in [0.1, 0.15) is 51.9 Å². The average molecular weight is 416 g/mol. The number of fused-ring (bicyclic) bond motifs is 1. The van der Waals surface area contributed by atoms with Gasteiger partial charge in [0.15, 0.2) is 0 Å². The fourth-order valence-electron chi connectivity index (χ4n) is 4.42. The molecule has 2 aliphatic rings. The maximum Gasteiger partial charge on any atom is 0.243 e. The van der Waals surface area contributed by atoms with Crippen LogP contribution in [0.2, 0.25) is 0 Å². The van der Waals surface area contributed by atoms with Crippen LogP contribution in [0.4, 0.5) is 5.69 Å². The van der Waals surface area contributed by atoms with E-state index in [1.807, 2.05) is 0 Å². The summed E-state index contributed by atoms with van der Waals surface area (Å²) in [4.78, 5) is 0. The SMILES string of the molecule is CCCCCCC[n+]1ccn(CCOP2N(c3ccccc3)C[C@@H]3CCCN32)c1. The average Bonchev–Trinajstić information content (AvgIpc) is 3.46. The Morgan fingerprint density at radius 3 is 2.86 bits per heavy atom. The van der Waals surface area contributed by atoms with Crippen molar-refractivity contribution in [3.8, 4) is 0 Å². The lowest BCUT2D eigenvalue weighted by molar-refractivity contribution is -0.696. The summed E-state index contributed by atoms with van der Waals surface area (Å²) in [5.74, 6) is 0. The van der Waals surface area contributed by atoms with Gasteiger partial charge in [0.25, 0.3) is 0 Å². The predicted octanol–water partition coefficient (Wildman–Crippen LogP) is 4.97. The van der Waals surface area contributed by atoms with Crippen molar-refractivity contribution in [1.82, 2.24) is 9.24 Å². The molecule has 1 unspecified atom stereocenters. The minimum absolute atomic E-state index is 0.669. The summed E-state index contributed by atoms with van der Waals surface area (Å²) in [6.45, 7) is 7.37. The van der Waals surface area contributed by atoms with Crippen LogP contribution in [0.5, 0.6) is 0 Å². The Kier molecular flexibility index (Phi) is 7.59. The van der Waals surface area contributed by atoms with Gasteiger partial charge in [-0.25, -0.2) is 13.8 Å². The molecule has 2 atom stereocenters. The van der Waals surface area contributed by atoms with Gasteiger partial charge in [-0.2, -0.15) is 0 Å². The minimum atomic E-state index is -0.684. The van der Waals surface area contributed by atoms with Gasteiger partial charge in [0, 0.05) is 24.8 Å². The van der Waals surface area contributed by atoms with Gasteiger partial charge in [0.05, 0.1) is 13.2 Å². The number of benzene rings is 1. The Labute approximate surface area is 177 Å². The van der Waals surface area contributed by atoms with Crippen LogP contribution < -0.4 is 9.24 Å². The third-order valence-electron chi connectivity index (χ3n) is 6.03. The Balaban J connectivity index is 1.27. The molecule has 2 aromatic rings. The number of para-hydroxylation sites is 1. The quantitative estimate of drug-likeness (QED) is 0.294. The molecule has 0 bridgehead atoms. The number of imidazole rings is 1. The Hall–Kier alpha value is -1.42. The van der Waals surface area contributed by atoms with Gasteiger partial charge in [-0.3, -0.25) is 0 Å². The lowest BCUT2D eigenvalue weighted by atomic mass is 10.1. The highest BCUT2D eigenvalue weighted by Gasteiger charge is 2.43. The van der Waals surface area contributed by atoms with Crippen molar-refractivity contribution in [2.24, 2.45) is 0 Å². The van der Waals surface area contributed by atoms with Crippen molar-refractivity contribution in [3.05, 3.63) is 49.1 Å². The number of unbranched alkanes of at least 4 members (excludes halogenated alkanes) is 4. The monoisotopic (exact) mass is 415 g/mol. The molecule has 1 aromatic carbocycles. The van der Waals surface area contributed by atoms with Gasteiger partial charge in [-0.15, -0.1) is 0 Å². The summed E-state index contributed by atoms with van der Waals surface area (Å²) in [6.07, 6.45) is 15.9. The molecule has 3 heterocycles. The van der Waals surface area contributed by atoms with Gasteiger partial charge >= 0.3 is 0 Å². The summed E-state index contributed by atoms with van der Waals surface area (Å²) in [6, 6.07) is 11.5. The zero-order valence-electron chi connectivity index (χ0n) is 17.8. The molecule has 0 amide bonds. The van der Waals surface area contributed by atoms with E-state index in [4.69, 9.17) is 4.52 Å². The third kappa shape index (κ3) is 5.39. The molecule has 0 saturated carbocycles. The molecule has 4 rings (SSSR count). The van der Waals surface area contributed by atoms with Crippen molar-refractivity contribution < 1.29 is 9.09 Å². The first-order chi connectivity index (χ1) is 14.3. The van der Waals surface area contributed by atoms with E-state index in [0.717, 1.165) is 26.2 Å². The molecule has 0 spiro atoms. The first kappa shape index (κ1) is 20.8. The zero-order chi connectivity index (χ0) is 19.9. The summed E-state index contributed by atoms with van der Waals surface area (Å²) >= 11 is 0. The van der Waals surface area contributed by atoms with E-state index in [1.54, 1.807) is 0 Å². The van der Waals surface area contributed by atoms with E-state index in [1.165, 1.54) is 57.2 Å². The smallest absolute Gasteiger partial charge is 0.243 e. The Bertz CT molecular complexity index is 737. The number of hydrogen-bond acceptors (Lipinski definition) is 3. The molecule has 1 aromatic heterocycles. The molecule has 0 radical (unpaired) electrons. The van der Waals surface area contributed by atoms with Crippen LogP contribution in [0.3, 0.4) is 0 Å². The first-order valence-corrected chi connectivity index (χ1v) is 12.6. The van der Waals surface area contributed by atoms with Crippen LogP contribution in [0, 0.1) is 0 Å². The third-order valence-corrected chi connectivity index (χ3v) is 8.22. The lowest BCUT2D eigenvalue weighted by Crippen LogP contribution is -2.31.